The fourth-order valence-electron chi connectivity index (χ4n) is 4.68. The maximum Gasteiger partial charge on any atom is 0.254 e. The van der Waals surface area contributed by atoms with Crippen LogP contribution in [0.15, 0.2) is 72.1 Å². The zero-order valence-electron chi connectivity index (χ0n) is 18.6. The summed E-state index contributed by atoms with van der Waals surface area (Å²) in [4.78, 5) is 20.2. The van der Waals surface area contributed by atoms with E-state index in [9.17, 15) is 4.79 Å². The second-order valence-electron chi connectivity index (χ2n) is 8.38. The van der Waals surface area contributed by atoms with E-state index in [1.807, 2.05) is 64.9 Å². The van der Waals surface area contributed by atoms with E-state index < -0.39 is 0 Å². The largest absolute Gasteiger partial charge is 0.368 e. The van der Waals surface area contributed by atoms with Gasteiger partial charge in [-0.25, -0.2) is 4.68 Å². The number of hydrogen-bond donors (Lipinski definition) is 0. The molecule has 1 unspecified atom stereocenters. The van der Waals surface area contributed by atoms with Gasteiger partial charge in [0.05, 0.1) is 21.8 Å². The van der Waals surface area contributed by atoms with Crippen LogP contribution in [0.5, 0.6) is 0 Å². The topological polar surface area (TPSA) is 44.6 Å². The number of rotatable bonds is 3. The maximum atomic E-state index is 13.9. The third-order valence-electron chi connectivity index (χ3n) is 6.58. The van der Waals surface area contributed by atoms with E-state index in [1.165, 1.54) is 5.69 Å². The summed E-state index contributed by atoms with van der Waals surface area (Å²) >= 11 is 12.5. The number of para-hydroxylation sites is 1. The number of nitrogens with zero attached hydrogens (tertiary/aromatic N) is 5. The van der Waals surface area contributed by atoms with Crippen LogP contribution in [0.25, 0.3) is 0 Å². The molecule has 6 nitrogen and oxygen atoms in total. The van der Waals surface area contributed by atoms with Gasteiger partial charge in [0.15, 0.2) is 0 Å². The Morgan fingerprint density at radius 2 is 1.70 bits per heavy atom. The van der Waals surface area contributed by atoms with Gasteiger partial charge < -0.3 is 14.7 Å². The van der Waals surface area contributed by atoms with Crippen molar-refractivity contribution in [2.45, 2.75) is 13.0 Å². The molecule has 1 aromatic heterocycles. The molecular formula is C25H25Cl2N5O. The summed E-state index contributed by atoms with van der Waals surface area (Å²) in [5, 5.41) is 5.51. The molecule has 0 saturated carbocycles. The van der Waals surface area contributed by atoms with Crippen LogP contribution in [0, 0.1) is 0 Å². The molecule has 170 valence electrons. The standard InChI is InChI=1S/C25H25Cl2N5O/c1-17-23(25(33)31-14-12-30(13-15-31)19-6-4-3-5-7-19)24(18-8-9-20(26)21(27)16-18)32-22(29(17)2)10-11-28-32/h3-11,16,24H,12-15H2,1-2H3. The number of piperazine rings is 1. The number of amides is 1. The molecule has 0 aliphatic carbocycles. The predicted molar refractivity (Wildman–Crippen MR) is 133 cm³/mol. The molecule has 0 radical (unpaired) electrons. The molecule has 2 aromatic carbocycles. The Balaban J connectivity index is 1.47. The molecule has 0 bridgehead atoms. The van der Waals surface area contributed by atoms with E-state index in [-0.39, 0.29) is 11.9 Å². The van der Waals surface area contributed by atoms with Gasteiger partial charge in [0.2, 0.25) is 0 Å². The highest BCUT2D eigenvalue weighted by atomic mass is 35.5. The van der Waals surface area contributed by atoms with E-state index in [0.717, 1.165) is 30.2 Å². The van der Waals surface area contributed by atoms with E-state index in [2.05, 4.69) is 22.1 Å². The summed E-state index contributed by atoms with van der Waals surface area (Å²) in [5.74, 6) is 0.957. The Bertz CT molecular complexity index is 1210. The lowest BCUT2D eigenvalue weighted by atomic mass is 9.93. The summed E-state index contributed by atoms with van der Waals surface area (Å²) in [5.41, 5.74) is 3.69. The second-order valence-corrected chi connectivity index (χ2v) is 9.20. The fourth-order valence-corrected chi connectivity index (χ4v) is 4.99. The molecule has 3 heterocycles. The van der Waals surface area contributed by atoms with Crippen molar-refractivity contribution in [3.05, 3.63) is 87.7 Å². The SMILES string of the molecule is CC1=C(C(=O)N2CCN(c3ccccc3)CC2)C(c2ccc(Cl)c(Cl)c2)n2nccc2N1C. The molecule has 1 saturated heterocycles. The second kappa shape index (κ2) is 8.76. The van der Waals surface area contributed by atoms with Crippen molar-refractivity contribution in [3.8, 4) is 0 Å². The van der Waals surface area contributed by atoms with E-state index in [4.69, 9.17) is 23.2 Å². The fraction of sp³-hybridized carbons (Fsp3) is 0.280. The van der Waals surface area contributed by atoms with Crippen molar-refractivity contribution in [3.63, 3.8) is 0 Å². The summed E-state index contributed by atoms with van der Waals surface area (Å²) in [7, 11) is 1.97. The van der Waals surface area contributed by atoms with Gasteiger partial charge in [0, 0.05) is 50.7 Å². The van der Waals surface area contributed by atoms with Gasteiger partial charge in [0.25, 0.3) is 5.91 Å². The maximum absolute atomic E-state index is 13.9. The number of carbonyl (C=O) groups is 1. The van der Waals surface area contributed by atoms with Crippen molar-refractivity contribution in [2.24, 2.45) is 0 Å². The zero-order valence-corrected chi connectivity index (χ0v) is 20.1. The highest BCUT2D eigenvalue weighted by molar-refractivity contribution is 6.42. The number of carbonyl (C=O) groups excluding carboxylic acids is 1. The molecule has 33 heavy (non-hydrogen) atoms. The Morgan fingerprint density at radius 1 is 0.970 bits per heavy atom. The first-order chi connectivity index (χ1) is 16.0. The van der Waals surface area contributed by atoms with Crippen LogP contribution in [-0.4, -0.2) is 53.8 Å². The number of allylic oxidation sites excluding steroid dienone is 1. The number of halogens is 2. The van der Waals surface area contributed by atoms with Crippen molar-refractivity contribution in [1.29, 1.82) is 0 Å². The van der Waals surface area contributed by atoms with Crippen LogP contribution in [0.3, 0.4) is 0 Å². The lowest BCUT2D eigenvalue weighted by Crippen LogP contribution is -2.50. The summed E-state index contributed by atoms with van der Waals surface area (Å²) in [6.45, 7) is 4.90. The van der Waals surface area contributed by atoms with Gasteiger partial charge >= 0.3 is 0 Å². The molecule has 1 fully saturated rings. The highest BCUT2D eigenvalue weighted by Crippen LogP contribution is 2.40. The Hall–Kier alpha value is -2.96. The van der Waals surface area contributed by atoms with Gasteiger partial charge in [-0.1, -0.05) is 47.5 Å². The minimum Gasteiger partial charge on any atom is -0.368 e. The predicted octanol–water partition coefficient (Wildman–Crippen LogP) is 4.85. The summed E-state index contributed by atoms with van der Waals surface area (Å²) < 4.78 is 1.89. The van der Waals surface area contributed by atoms with Gasteiger partial charge in [0.1, 0.15) is 11.9 Å². The van der Waals surface area contributed by atoms with Crippen LogP contribution in [0.2, 0.25) is 10.0 Å². The molecule has 0 N–H and O–H groups in total. The molecule has 1 amide bonds. The molecule has 1 atom stereocenters. The molecule has 3 aromatic rings. The quantitative estimate of drug-likeness (QED) is 0.536. The third kappa shape index (κ3) is 3.87. The van der Waals surface area contributed by atoms with Crippen molar-refractivity contribution >= 4 is 40.6 Å². The normalized spacial score (nSPS) is 18.5. The molecular weight excluding hydrogens is 457 g/mol. The van der Waals surface area contributed by atoms with Crippen LogP contribution >= 0.6 is 23.2 Å². The smallest absolute Gasteiger partial charge is 0.254 e. The molecule has 2 aliphatic rings. The van der Waals surface area contributed by atoms with Crippen molar-refractivity contribution in [1.82, 2.24) is 14.7 Å². The lowest BCUT2D eigenvalue weighted by Gasteiger charge is -2.40. The monoisotopic (exact) mass is 481 g/mol. The molecule has 0 spiro atoms. The Labute approximate surface area is 203 Å². The third-order valence-corrected chi connectivity index (χ3v) is 7.32. The summed E-state index contributed by atoms with van der Waals surface area (Å²) in [6, 6.07) is 17.4. The number of anilines is 2. The number of fused-ring (bicyclic) bond motifs is 1. The summed E-state index contributed by atoms with van der Waals surface area (Å²) in [6.07, 6.45) is 1.76. The first-order valence-electron chi connectivity index (χ1n) is 11.0. The van der Waals surface area contributed by atoms with Crippen LogP contribution in [0.4, 0.5) is 11.5 Å². The Kier molecular flexibility index (Phi) is 5.81. The number of benzene rings is 2. The first kappa shape index (κ1) is 21.9. The molecule has 5 rings (SSSR count). The highest BCUT2D eigenvalue weighted by Gasteiger charge is 2.37. The van der Waals surface area contributed by atoms with Crippen molar-refractivity contribution in [2.75, 3.05) is 43.0 Å². The zero-order chi connectivity index (χ0) is 23.1. The van der Waals surface area contributed by atoms with Crippen LogP contribution in [0.1, 0.15) is 18.5 Å². The van der Waals surface area contributed by atoms with Crippen molar-refractivity contribution < 1.29 is 4.79 Å². The van der Waals surface area contributed by atoms with Gasteiger partial charge in [-0.15, -0.1) is 0 Å². The van der Waals surface area contributed by atoms with E-state index in [0.29, 0.717) is 28.7 Å². The lowest BCUT2D eigenvalue weighted by molar-refractivity contribution is -0.128. The minimum atomic E-state index is -0.374. The minimum absolute atomic E-state index is 0.0317. The van der Waals surface area contributed by atoms with E-state index in [1.54, 1.807) is 12.3 Å². The van der Waals surface area contributed by atoms with Gasteiger partial charge in [-0.3, -0.25) is 4.79 Å². The average Bonchev–Trinajstić information content (AvgIpc) is 3.33. The van der Waals surface area contributed by atoms with Gasteiger partial charge in [-0.05, 0) is 36.8 Å². The molecule has 8 heteroatoms. The Morgan fingerprint density at radius 3 is 2.39 bits per heavy atom. The average molecular weight is 482 g/mol. The number of aromatic nitrogens is 2. The van der Waals surface area contributed by atoms with Crippen LogP contribution < -0.4 is 9.80 Å². The van der Waals surface area contributed by atoms with E-state index >= 15 is 0 Å². The van der Waals surface area contributed by atoms with Gasteiger partial charge in [-0.2, -0.15) is 5.10 Å². The first-order valence-corrected chi connectivity index (χ1v) is 11.7. The number of hydrogen-bond acceptors (Lipinski definition) is 4. The van der Waals surface area contributed by atoms with Crippen LogP contribution in [-0.2, 0) is 4.79 Å². The molecule has 2 aliphatic heterocycles.